The van der Waals surface area contributed by atoms with E-state index >= 15 is 0 Å². The number of pyridine rings is 1. The minimum atomic E-state index is -1.28. The molecule has 0 bridgehead atoms. The van der Waals surface area contributed by atoms with Gasteiger partial charge >= 0.3 is 0 Å². The number of hydrogen-bond acceptors (Lipinski definition) is 2. The Morgan fingerprint density at radius 3 is 2.30 bits per heavy atom. The van der Waals surface area contributed by atoms with Gasteiger partial charge in [0.2, 0.25) is 0 Å². The Morgan fingerprint density at radius 1 is 0.826 bits per heavy atom. The first-order valence-corrected chi connectivity index (χ1v) is 11.4. The lowest BCUT2D eigenvalue weighted by atomic mass is 10.1. The zero-order valence-electron chi connectivity index (χ0n) is 13.6. The van der Waals surface area contributed by atoms with E-state index in [0.717, 1.165) is 33.2 Å². The lowest BCUT2D eigenvalue weighted by Gasteiger charge is -2.16. The van der Waals surface area contributed by atoms with E-state index < -0.39 is 8.07 Å². The molecule has 0 amide bonds. The summed E-state index contributed by atoms with van der Waals surface area (Å²) in [5.74, 6) is 0. The van der Waals surface area contributed by atoms with Crippen molar-refractivity contribution >= 4 is 35.2 Å². The molecule has 2 nitrogen and oxygen atoms in total. The number of para-hydroxylation sites is 1. The molecule has 0 unspecified atom stereocenters. The lowest BCUT2D eigenvalue weighted by Crippen LogP contribution is -2.37. The summed E-state index contributed by atoms with van der Waals surface area (Å²) in [7, 11) is -1.28. The van der Waals surface area contributed by atoms with E-state index in [1.807, 2.05) is 30.5 Å². The molecule has 2 aromatic heterocycles. The Balaban J connectivity index is 1.95. The molecule has 0 aliphatic rings. The number of aromatic nitrogens is 1. The predicted molar refractivity (Wildman–Crippen MR) is 99.9 cm³/mol. The Hall–Kier alpha value is -2.39. The number of nitrogens with zero attached hydrogens (tertiary/aromatic N) is 1. The average molecular weight is 317 g/mol. The van der Waals surface area contributed by atoms with E-state index in [1.54, 1.807) is 0 Å². The summed E-state index contributed by atoms with van der Waals surface area (Å²) in [6, 6.07) is 19.0. The Bertz CT molecular complexity index is 994. The second-order valence-electron chi connectivity index (χ2n) is 6.96. The SMILES string of the molecule is C[Si](C)(C)c1ccc(-c2nccc3oc4ccccc4c23)cc1. The van der Waals surface area contributed by atoms with Crippen molar-refractivity contribution in [3.63, 3.8) is 0 Å². The highest BCUT2D eigenvalue weighted by molar-refractivity contribution is 6.88. The Kier molecular flexibility index (Phi) is 3.13. The third-order valence-electron chi connectivity index (χ3n) is 4.31. The third-order valence-corrected chi connectivity index (χ3v) is 6.38. The van der Waals surface area contributed by atoms with Crippen LogP contribution >= 0.6 is 0 Å². The van der Waals surface area contributed by atoms with Crippen LogP contribution < -0.4 is 5.19 Å². The van der Waals surface area contributed by atoms with E-state index in [9.17, 15) is 0 Å². The zero-order valence-corrected chi connectivity index (χ0v) is 14.6. The maximum atomic E-state index is 5.96. The van der Waals surface area contributed by atoms with Gasteiger partial charge in [0.05, 0.1) is 19.2 Å². The average Bonchev–Trinajstić information content (AvgIpc) is 2.93. The van der Waals surface area contributed by atoms with E-state index in [4.69, 9.17) is 4.42 Å². The number of rotatable bonds is 2. The highest BCUT2D eigenvalue weighted by Crippen LogP contribution is 2.34. The molecule has 0 saturated heterocycles. The van der Waals surface area contributed by atoms with Crippen LogP contribution in [0.3, 0.4) is 0 Å². The number of benzene rings is 2. The molecule has 0 radical (unpaired) electrons. The fraction of sp³-hybridized carbons (Fsp3) is 0.150. The molecule has 4 rings (SSSR count). The van der Waals surface area contributed by atoms with Crippen LogP contribution in [-0.4, -0.2) is 13.1 Å². The van der Waals surface area contributed by atoms with Gasteiger partial charge in [-0.1, -0.05) is 67.3 Å². The first-order chi connectivity index (χ1) is 11.0. The van der Waals surface area contributed by atoms with Crippen LogP contribution in [0, 0.1) is 0 Å². The van der Waals surface area contributed by atoms with Crippen LogP contribution in [-0.2, 0) is 0 Å². The van der Waals surface area contributed by atoms with Gasteiger partial charge in [0.15, 0.2) is 0 Å². The largest absolute Gasteiger partial charge is 0.456 e. The van der Waals surface area contributed by atoms with Crippen molar-refractivity contribution in [1.29, 1.82) is 0 Å². The monoisotopic (exact) mass is 317 g/mol. The van der Waals surface area contributed by atoms with Gasteiger partial charge in [0.1, 0.15) is 11.2 Å². The van der Waals surface area contributed by atoms with Gasteiger partial charge in [0, 0.05) is 17.1 Å². The van der Waals surface area contributed by atoms with E-state index in [0.29, 0.717) is 0 Å². The fourth-order valence-corrected chi connectivity index (χ4v) is 4.18. The highest BCUT2D eigenvalue weighted by Gasteiger charge is 2.17. The standard InChI is InChI=1S/C20H19NOSi/c1-23(2,3)15-10-8-14(9-11-15)20-19-16-6-4-5-7-17(16)22-18(19)12-13-21-20/h4-13H,1-3H3. The first-order valence-electron chi connectivity index (χ1n) is 7.91. The van der Waals surface area contributed by atoms with Crippen molar-refractivity contribution in [2.45, 2.75) is 19.6 Å². The van der Waals surface area contributed by atoms with Crippen molar-refractivity contribution in [3.05, 3.63) is 60.8 Å². The van der Waals surface area contributed by atoms with Gasteiger partial charge in [-0.3, -0.25) is 4.98 Å². The maximum absolute atomic E-state index is 5.96. The Labute approximate surface area is 136 Å². The summed E-state index contributed by atoms with van der Waals surface area (Å²) < 4.78 is 5.96. The molecule has 114 valence electrons. The minimum Gasteiger partial charge on any atom is -0.456 e. The summed E-state index contributed by atoms with van der Waals surface area (Å²) in [6.45, 7) is 7.10. The topological polar surface area (TPSA) is 26.0 Å². The molecule has 0 N–H and O–H groups in total. The maximum Gasteiger partial charge on any atom is 0.139 e. The highest BCUT2D eigenvalue weighted by atomic mass is 28.3. The molecule has 0 aliphatic carbocycles. The first kappa shape index (κ1) is 14.2. The van der Waals surface area contributed by atoms with Crippen molar-refractivity contribution in [3.8, 4) is 11.3 Å². The van der Waals surface area contributed by atoms with Crippen LogP contribution in [0.2, 0.25) is 19.6 Å². The molecule has 2 aromatic carbocycles. The smallest absolute Gasteiger partial charge is 0.139 e. The number of hydrogen-bond donors (Lipinski definition) is 0. The second-order valence-corrected chi connectivity index (χ2v) is 12.0. The summed E-state index contributed by atoms with van der Waals surface area (Å²) in [4.78, 5) is 4.64. The predicted octanol–water partition coefficient (Wildman–Crippen LogP) is 5.19. The van der Waals surface area contributed by atoms with Crippen molar-refractivity contribution in [2.24, 2.45) is 0 Å². The molecular weight excluding hydrogens is 298 g/mol. The minimum absolute atomic E-state index is 0.894. The van der Waals surface area contributed by atoms with E-state index in [2.05, 4.69) is 55.0 Å². The summed E-state index contributed by atoms with van der Waals surface area (Å²) in [5, 5.41) is 3.69. The van der Waals surface area contributed by atoms with Gasteiger partial charge in [0.25, 0.3) is 0 Å². The Morgan fingerprint density at radius 2 is 1.57 bits per heavy atom. The normalized spacial score (nSPS) is 12.1. The molecule has 23 heavy (non-hydrogen) atoms. The quantitative estimate of drug-likeness (QED) is 0.475. The van der Waals surface area contributed by atoms with Crippen LogP contribution in [0.4, 0.5) is 0 Å². The van der Waals surface area contributed by atoms with E-state index in [1.165, 1.54) is 5.19 Å². The van der Waals surface area contributed by atoms with Gasteiger partial charge < -0.3 is 4.42 Å². The molecule has 0 saturated carbocycles. The molecular formula is C20H19NOSi. The van der Waals surface area contributed by atoms with Crippen LogP contribution in [0.5, 0.6) is 0 Å². The van der Waals surface area contributed by atoms with Crippen LogP contribution in [0.25, 0.3) is 33.2 Å². The summed E-state index contributed by atoms with van der Waals surface area (Å²) in [6.07, 6.45) is 1.83. The van der Waals surface area contributed by atoms with Gasteiger partial charge in [-0.25, -0.2) is 0 Å². The van der Waals surface area contributed by atoms with E-state index in [-0.39, 0.29) is 0 Å². The molecule has 0 atom stereocenters. The second kappa shape index (κ2) is 5.07. The number of fused-ring (bicyclic) bond motifs is 3. The van der Waals surface area contributed by atoms with Gasteiger partial charge in [-0.15, -0.1) is 0 Å². The van der Waals surface area contributed by atoms with Crippen molar-refractivity contribution < 1.29 is 4.42 Å². The molecule has 3 heteroatoms. The van der Waals surface area contributed by atoms with Crippen LogP contribution in [0.1, 0.15) is 0 Å². The number of furan rings is 1. The molecule has 0 aliphatic heterocycles. The van der Waals surface area contributed by atoms with Gasteiger partial charge in [-0.05, 0) is 12.1 Å². The molecule has 0 spiro atoms. The molecule has 0 fully saturated rings. The zero-order chi connectivity index (χ0) is 16.0. The summed E-state index contributed by atoms with van der Waals surface area (Å²) in [5.41, 5.74) is 3.94. The molecule has 4 aromatic rings. The lowest BCUT2D eigenvalue weighted by molar-refractivity contribution is 0.668. The molecule has 2 heterocycles. The van der Waals surface area contributed by atoms with Crippen LogP contribution in [0.15, 0.2) is 65.2 Å². The summed E-state index contributed by atoms with van der Waals surface area (Å²) >= 11 is 0. The van der Waals surface area contributed by atoms with Crippen molar-refractivity contribution in [2.75, 3.05) is 0 Å². The third kappa shape index (κ3) is 2.37. The fourth-order valence-electron chi connectivity index (χ4n) is 3.02. The van der Waals surface area contributed by atoms with Gasteiger partial charge in [-0.2, -0.15) is 0 Å². The van der Waals surface area contributed by atoms with Crippen molar-refractivity contribution in [1.82, 2.24) is 4.98 Å².